The fourth-order valence-electron chi connectivity index (χ4n) is 1.63. The van der Waals surface area contributed by atoms with Gasteiger partial charge in [0.2, 0.25) is 16.0 Å². The number of nitrogen functional groups attached to an aromatic ring is 1. The molecule has 1 aromatic heterocycles. The number of benzene rings is 1. The lowest BCUT2D eigenvalue weighted by Gasteiger charge is -2.16. The van der Waals surface area contributed by atoms with Crippen LogP contribution in [0.1, 0.15) is 5.56 Å². The maximum atomic E-state index is 12.3. The quantitative estimate of drug-likeness (QED) is 0.618. The Hall–Kier alpha value is -2.03. The van der Waals surface area contributed by atoms with E-state index in [9.17, 15) is 8.42 Å². The van der Waals surface area contributed by atoms with Gasteiger partial charge in [-0.3, -0.25) is 5.43 Å². The van der Waals surface area contributed by atoms with Crippen LogP contribution in [0.4, 0.5) is 5.95 Å². The molecule has 0 aliphatic heterocycles. The van der Waals surface area contributed by atoms with E-state index in [2.05, 4.69) is 15.4 Å². The van der Waals surface area contributed by atoms with E-state index in [1.54, 1.807) is 0 Å². The first-order valence-corrected chi connectivity index (χ1v) is 7.27. The van der Waals surface area contributed by atoms with Crippen molar-refractivity contribution in [2.75, 3.05) is 12.5 Å². The number of nitrogens with one attached hydrogen (secondary N) is 1. The Kier molecular flexibility index (Phi) is 4.28. The highest BCUT2D eigenvalue weighted by Gasteiger charge is 2.21. The van der Waals surface area contributed by atoms with Crippen LogP contribution in [0.15, 0.2) is 47.6 Å². The van der Waals surface area contributed by atoms with Crippen LogP contribution in [0.25, 0.3) is 0 Å². The number of rotatable bonds is 5. The van der Waals surface area contributed by atoms with E-state index < -0.39 is 10.0 Å². The Morgan fingerprint density at radius 2 is 1.80 bits per heavy atom. The Labute approximate surface area is 117 Å². The van der Waals surface area contributed by atoms with Gasteiger partial charge < -0.3 is 0 Å². The van der Waals surface area contributed by atoms with E-state index in [4.69, 9.17) is 5.84 Å². The fraction of sp³-hybridized carbons (Fsp3) is 0.167. The van der Waals surface area contributed by atoms with E-state index in [-0.39, 0.29) is 17.4 Å². The van der Waals surface area contributed by atoms with E-state index in [1.165, 1.54) is 23.7 Å². The SMILES string of the molecule is CN(Cc1ccccc1)S(=O)(=O)c1cnc(NN)nc1. The van der Waals surface area contributed by atoms with Gasteiger partial charge in [-0.25, -0.2) is 24.2 Å². The Morgan fingerprint density at radius 1 is 1.20 bits per heavy atom. The van der Waals surface area contributed by atoms with Gasteiger partial charge in [0.25, 0.3) is 0 Å². The summed E-state index contributed by atoms with van der Waals surface area (Å²) in [6.07, 6.45) is 2.44. The average molecular weight is 293 g/mol. The molecular formula is C12H15N5O2S. The first kappa shape index (κ1) is 14.4. The van der Waals surface area contributed by atoms with Crippen LogP contribution in [0, 0.1) is 0 Å². The lowest BCUT2D eigenvalue weighted by Crippen LogP contribution is -2.27. The van der Waals surface area contributed by atoms with Crippen LogP contribution in [0.5, 0.6) is 0 Å². The van der Waals surface area contributed by atoms with Crippen molar-refractivity contribution in [1.82, 2.24) is 14.3 Å². The predicted molar refractivity (Wildman–Crippen MR) is 74.9 cm³/mol. The summed E-state index contributed by atoms with van der Waals surface area (Å²) < 4.78 is 25.9. The maximum Gasteiger partial charge on any atom is 0.246 e. The highest BCUT2D eigenvalue weighted by atomic mass is 32.2. The molecule has 0 atom stereocenters. The third kappa shape index (κ3) is 3.10. The Balaban J connectivity index is 2.20. The molecule has 7 nitrogen and oxygen atoms in total. The second-order valence-electron chi connectivity index (χ2n) is 4.13. The highest BCUT2D eigenvalue weighted by molar-refractivity contribution is 7.89. The molecule has 2 rings (SSSR count). The topological polar surface area (TPSA) is 101 Å². The van der Waals surface area contributed by atoms with Crippen molar-refractivity contribution in [2.45, 2.75) is 11.4 Å². The smallest absolute Gasteiger partial charge is 0.246 e. The average Bonchev–Trinajstić information content (AvgIpc) is 2.48. The van der Waals surface area contributed by atoms with Crippen LogP contribution >= 0.6 is 0 Å². The molecule has 20 heavy (non-hydrogen) atoms. The minimum Gasteiger partial charge on any atom is -0.292 e. The zero-order chi connectivity index (χ0) is 14.6. The molecule has 106 valence electrons. The molecule has 0 aliphatic carbocycles. The second kappa shape index (κ2) is 5.95. The van der Waals surface area contributed by atoms with Crippen LogP contribution in [0.2, 0.25) is 0 Å². The largest absolute Gasteiger partial charge is 0.292 e. The summed E-state index contributed by atoms with van der Waals surface area (Å²) >= 11 is 0. The summed E-state index contributed by atoms with van der Waals surface area (Å²) in [7, 11) is -2.11. The number of hydrogen-bond donors (Lipinski definition) is 2. The molecule has 0 fully saturated rings. The third-order valence-corrected chi connectivity index (χ3v) is 4.47. The molecule has 0 saturated carbocycles. The van der Waals surface area contributed by atoms with Crippen LogP contribution in [-0.4, -0.2) is 29.7 Å². The molecule has 0 spiro atoms. The molecule has 0 bridgehead atoms. The molecule has 0 radical (unpaired) electrons. The van der Waals surface area contributed by atoms with E-state index in [1.807, 2.05) is 30.3 Å². The van der Waals surface area contributed by atoms with Gasteiger partial charge in [-0.05, 0) is 5.56 Å². The zero-order valence-corrected chi connectivity index (χ0v) is 11.7. The molecule has 0 amide bonds. The number of sulfonamides is 1. The third-order valence-electron chi connectivity index (χ3n) is 2.71. The van der Waals surface area contributed by atoms with E-state index in [0.717, 1.165) is 5.56 Å². The van der Waals surface area contributed by atoms with Gasteiger partial charge in [0, 0.05) is 13.6 Å². The Bertz CT molecular complexity index is 658. The van der Waals surface area contributed by atoms with Crippen LogP contribution in [-0.2, 0) is 16.6 Å². The lowest BCUT2D eigenvalue weighted by atomic mass is 10.2. The standard InChI is InChI=1S/C12H15N5O2S/c1-17(9-10-5-3-2-4-6-10)20(18,19)11-7-14-12(16-13)15-8-11/h2-8H,9,13H2,1H3,(H,14,15,16). The monoisotopic (exact) mass is 293 g/mol. The number of aromatic nitrogens is 2. The Morgan fingerprint density at radius 3 is 2.35 bits per heavy atom. The molecule has 2 aromatic rings. The van der Waals surface area contributed by atoms with Crippen molar-refractivity contribution in [3.8, 4) is 0 Å². The zero-order valence-electron chi connectivity index (χ0n) is 10.9. The molecule has 0 unspecified atom stereocenters. The molecule has 0 saturated heterocycles. The van der Waals surface area contributed by atoms with Crippen molar-refractivity contribution in [3.05, 3.63) is 48.3 Å². The maximum absolute atomic E-state index is 12.3. The summed E-state index contributed by atoms with van der Waals surface area (Å²) in [4.78, 5) is 7.62. The molecule has 0 aliphatic rings. The first-order chi connectivity index (χ1) is 9.54. The van der Waals surface area contributed by atoms with Gasteiger partial charge in [0.1, 0.15) is 4.90 Å². The summed E-state index contributed by atoms with van der Waals surface area (Å²) in [6.45, 7) is 0.278. The van der Waals surface area contributed by atoms with E-state index >= 15 is 0 Å². The second-order valence-corrected chi connectivity index (χ2v) is 6.18. The number of nitrogens with two attached hydrogens (primary N) is 1. The normalized spacial score (nSPS) is 11.6. The number of hydrogen-bond acceptors (Lipinski definition) is 6. The van der Waals surface area contributed by atoms with Crippen LogP contribution in [0.3, 0.4) is 0 Å². The number of nitrogens with zero attached hydrogens (tertiary/aromatic N) is 3. The number of hydrazine groups is 1. The summed E-state index contributed by atoms with van der Waals surface area (Å²) in [6, 6.07) is 9.33. The minimum atomic E-state index is -3.62. The minimum absolute atomic E-state index is 0.0231. The summed E-state index contributed by atoms with van der Waals surface area (Å²) in [5.41, 5.74) is 3.15. The van der Waals surface area contributed by atoms with Gasteiger partial charge in [0.15, 0.2) is 0 Å². The van der Waals surface area contributed by atoms with Crippen molar-refractivity contribution in [1.29, 1.82) is 0 Å². The van der Waals surface area contributed by atoms with Crippen LogP contribution < -0.4 is 11.3 Å². The van der Waals surface area contributed by atoms with Gasteiger partial charge in [-0.15, -0.1) is 0 Å². The van der Waals surface area contributed by atoms with Gasteiger partial charge in [0.05, 0.1) is 12.4 Å². The number of anilines is 1. The van der Waals surface area contributed by atoms with Crippen molar-refractivity contribution in [3.63, 3.8) is 0 Å². The fourth-order valence-corrected chi connectivity index (χ4v) is 2.68. The predicted octanol–water partition coefficient (Wildman–Crippen LogP) is 0.583. The van der Waals surface area contributed by atoms with Crippen molar-refractivity contribution >= 4 is 16.0 Å². The molecule has 8 heteroatoms. The van der Waals surface area contributed by atoms with E-state index in [0.29, 0.717) is 0 Å². The summed E-state index contributed by atoms with van der Waals surface area (Å²) in [5, 5.41) is 0. The molecule has 1 aromatic carbocycles. The highest BCUT2D eigenvalue weighted by Crippen LogP contribution is 2.15. The summed E-state index contributed by atoms with van der Waals surface area (Å²) in [5.74, 6) is 5.30. The van der Waals surface area contributed by atoms with Gasteiger partial charge in [-0.2, -0.15) is 4.31 Å². The van der Waals surface area contributed by atoms with Crippen molar-refractivity contribution in [2.24, 2.45) is 5.84 Å². The van der Waals surface area contributed by atoms with Gasteiger partial charge in [-0.1, -0.05) is 30.3 Å². The van der Waals surface area contributed by atoms with Gasteiger partial charge >= 0.3 is 0 Å². The molecule has 1 heterocycles. The lowest BCUT2D eigenvalue weighted by molar-refractivity contribution is 0.466. The van der Waals surface area contributed by atoms with Crippen molar-refractivity contribution < 1.29 is 8.42 Å². The molecular weight excluding hydrogens is 278 g/mol. The molecule has 3 N–H and O–H groups in total. The first-order valence-electron chi connectivity index (χ1n) is 5.83.